The van der Waals surface area contributed by atoms with Crippen LogP contribution in [-0.2, 0) is 6.54 Å². The molecule has 0 aliphatic heterocycles. The van der Waals surface area contributed by atoms with Gasteiger partial charge in [0, 0.05) is 45.5 Å². The summed E-state index contributed by atoms with van der Waals surface area (Å²) >= 11 is 0. The lowest BCUT2D eigenvalue weighted by Crippen LogP contribution is -2.42. The molecule has 1 heterocycles. The summed E-state index contributed by atoms with van der Waals surface area (Å²) in [5.41, 5.74) is 1.08. The molecule has 28 heavy (non-hydrogen) atoms. The fraction of sp³-hybridized carbons (Fsp3) is 0.400. The van der Waals surface area contributed by atoms with Gasteiger partial charge in [0.15, 0.2) is 5.96 Å². The maximum absolute atomic E-state index is 13.3. The Morgan fingerprint density at radius 1 is 1.25 bits per heavy atom. The van der Waals surface area contributed by atoms with Crippen molar-refractivity contribution in [3.63, 3.8) is 0 Å². The Morgan fingerprint density at radius 2 is 2.04 bits per heavy atom. The van der Waals surface area contributed by atoms with Crippen LogP contribution < -0.4 is 20.3 Å². The van der Waals surface area contributed by atoms with E-state index in [1.807, 2.05) is 38.1 Å². The first-order valence-corrected chi connectivity index (χ1v) is 9.01. The third-order valence-corrected chi connectivity index (χ3v) is 4.01. The van der Waals surface area contributed by atoms with Gasteiger partial charge >= 0.3 is 0 Å². The molecule has 0 fully saturated rings. The minimum atomic E-state index is -0.305. The number of nitrogens with zero attached hydrogens (tertiary/aromatic N) is 3. The Hall–Kier alpha value is -2.10. The number of aliphatic imine (C=N–C) groups is 1. The fourth-order valence-electron chi connectivity index (χ4n) is 2.58. The summed E-state index contributed by atoms with van der Waals surface area (Å²) in [7, 11) is 5.66. The van der Waals surface area contributed by atoms with Gasteiger partial charge in [-0.3, -0.25) is 4.99 Å². The van der Waals surface area contributed by atoms with E-state index in [1.54, 1.807) is 25.4 Å². The molecule has 2 rings (SSSR count). The molecule has 0 bridgehead atoms. The van der Waals surface area contributed by atoms with E-state index in [4.69, 9.17) is 4.74 Å². The molecule has 6 nitrogen and oxygen atoms in total. The molecule has 0 amide bonds. The predicted octanol–water partition coefficient (Wildman–Crippen LogP) is 3.43. The van der Waals surface area contributed by atoms with Gasteiger partial charge in [-0.15, -0.1) is 24.0 Å². The van der Waals surface area contributed by atoms with E-state index in [1.165, 1.54) is 12.1 Å². The van der Waals surface area contributed by atoms with Gasteiger partial charge in [-0.2, -0.15) is 0 Å². The predicted molar refractivity (Wildman–Crippen MR) is 123 cm³/mol. The topological polar surface area (TPSA) is 61.8 Å². The minimum Gasteiger partial charge on any atom is -0.489 e. The first-order chi connectivity index (χ1) is 13.0. The molecule has 0 spiro atoms. The van der Waals surface area contributed by atoms with E-state index in [9.17, 15) is 4.39 Å². The van der Waals surface area contributed by atoms with Crippen LogP contribution in [0.25, 0.3) is 0 Å². The minimum absolute atomic E-state index is 0. The van der Waals surface area contributed by atoms with Gasteiger partial charge in [-0.1, -0.05) is 19.1 Å². The van der Waals surface area contributed by atoms with E-state index >= 15 is 0 Å². The lowest BCUT2D eigenvalue weighted by atomic mass is 10.2. The first kappa shape index (κ1) is 23.9. The number of halogens is 2. The highest BCUT2D eigenvalue weighted by molar-refractivity contribution is 14.0. The van der Waals surface area contributed by atoms with Gasteiger partial charge in [0.05, 0.1) is 6.54 Å². The molecule has 0 saturated heterocycles. The van der Waals surface area contributed by atoms with E-state index in [0.717, 1.165) is 17.8 Å². The number of hydrogen-bond donors (Lipinski definition) is 2. The summed E-state index contributed by atoms with van der Waals surface area (Å²) in [4.78, 5) is 10.6. The molecule has 2 N–H and O–H groups in total. The van der Waals surface area contributed by atoms with Crippen molar-refractivity contribution in [3.8, 4) is 5.75 Å². The fourth-order valence-corrected chi connectivity index (χ4v) is 2.58. The smallest absolute Gasteiger partial charge is 0.191 e. The van der Waals surface area contributed by atoms with Crippen LogP contribution in [0.5, 0.6) is 5.75 Å². The van der Waals surface area contributed by atoms with Crippen molar-refractivity contribution in [1.29, 1.82) is 0 Å². The Kier molecular flexibility index (Phi) is 10.6. The van der Waals surface area contributed by atoms with E-state index in [-0.39, 0.29) is 35.9 Å². The van der Waals surface area contributed by atoms with Crippen LogP contribution in [-0.4, -0.2) is 44.7 Å². The zero-order chi connectivity index (χ0) is 19.6. The largest absolute Gasteiger partial charge is 0.489 e. The van der Waals surface area contributed by atoms with Crippen molar-refractivity contribution in [1.82, 2.24) is 15.6 Å². The van der Waals surface area contributed by atoms with E-state index < -0.39 is 0 Å². The van der Waals surface area contributed by atoms with Gasteiger partial charge in [0.25, 0.3) is 0 Å². The molecule has 0 aliphatic carbocycles. The normalized spacial score (nSPS) is 12.0. The monoisotopic (exact) mass is 501 g/mol. The van der Waals surface area contributed by atoms with Gasteiger partial charge in [0.1, 0.15) is 23.5 Å². The summed E-state index contributed by atoms with van der Waals surface area (Å²) < 4.78 is 19.2. The van der Waals surface area contributed by atoms with Crippen LogP contribution in [0.4, 0.5) is 10.2 Å². The zero-order valence-corrected chi connectivity index (χ0v) is 19.1. The quantitative estimate of drug-likeness (QED) is 0.330. The molecule has 0 saturated carbocycles. The average Bonchev–Trinajstić information content (AvgIpc) is 2.67. The Bertz CT molecular complexity index is 757. The second kappa shape index (κ2) is 12.4. The molecule has 1 atom stereocenters. The molecule has 1 aromatic carbocycles. The van der Waals surface area contributed by atoms with Crippen LogP contribution in [0, 0.1) is 5.82 Å². The van der Waals surface area contributed by atoms with Gasteiger partial charge < -0.3 is 20.3 Å². The van der Waals surface area contributed by atoms with Crippen LogP contribution in [0.2, 0.25) is 0 Å². The Labute approximate surface area is 183 Å². The second-order valence-electron chi connectivity index (χ2n) is 6.29. The highest BCUT2D eigenvalue weighted by Crippen LogP contribution is 2.15. The van der Waals surface area contributed by atoms with Crippen LogP contribution in [0.1, 0.15) is 18.9 Å². The number of anilines is 1. The first-order valence-electron chi connectivity index (χ1n) is 9.01. The molecule has 2 aromatic rings. The van der Waals surface area contributed by atoms with Crippen molar-refractivity contribution in [2.24, 2.45) is 4.99 Å². The summed E-state index contributed by atoms with van der Waals surface area (Å²) in [5, 5.41) is 6.55. The maximum atomic E-state index is 13.3. The number of hydrogen-bond acceptors (Lipinski definition) is 4. The summed E-state index contributed by atoms with van der Waals surface area (Å²) in [6, 6.07) is 10.1. The Morgan fingerprint density at radius 3 is 2.68 bits per heavy atom. The van der Waals surface area contributed by atoms with Crippen molar-refractivity contribution < 1.29 is 9.13 Å². The van der Waals surface area contributed by atoms with Crippen molar-refractivity contribution in [2.75, 3.05) is 32.6 Å². The molecule has 1 aromatic heterocycles. The van der Waals surface area contributed by atoms with Gasteiger partial charge in [-0.05, 0) is 24.6 Å². The van der Waals surface area contributed by atoms with E-state index in [2.05, 4.69) is 20.6 Å². The zero-order valence-electron chi connectivity index (χ0n) is 16.8. The van der Waals surface area contributed by atoms with Gasteiger partial charge in [-0.25, -0.2) is 9.37 Å². The van der Waals surface area contributed by atoms with Crippen molar-refractivity contribution in [2.45, 2.75) is 26.0 Å². The summed E-state index contributed by atoms with van der Waals surface area (Å²) in [5.74, 6) is 1.81. The van der Waals surface area contributed by atoms with Crippen molar-refractivity contribution in [3.05, 3.63) is 54.0 Å². The van der Waals surface area contributed by atoms with Crippen LogP contribution in [0.15, 0.2) is 47.6 Å². The SMILES string of the molecule is CCC(CNC(=NC)NCc1cccnc1N(C)C)Oc1cccc(F)c1.I. The number of nitrogens with one attached hydrogen (secondary N) is 2. The highest BCUT2D eigenvalue weighted by atomic mass is 127. The standard InChI is InChI=1S/C20H28FN5O.HI/c1-5-17(27-18-10-6-9-16(21)12-18)14-25-20(22-2)24-13-15-8-7-11-23-19(15)26(3)4;/h6-12,17H,5,13-14H2,1-4H3,(H2,22,24,25);1H. The highest BCUT2D eigenvalue weighted by Gasteiger charge is 2.11. The Balaban J connectivity index is 0.00000392. The number of guanidine groups is 1. The number of aromatic nitrogens is 1. The summed E-state index contributed by atoms with van der Waals surface area (Å²) in [6.07, 6.45) is 2.47. The maximum Gasteiger partial charge on any atom is 0.191 e. The van der Waals surface area contributed by atoms with Crippen LogP contribution in [0.3, 0.4) is 0 Å². The second-order valence-corrected chi connectivity index (χ2v) is 6.29. The number of benzene rings is 1. The average molecular weight is 501 g/mol. The summed E-state index contributed by atoms with van der Waals surface area (Å²) in [6.45, 7) is 3.18. The molecular weight excluding hydrogens is 472 g/mol. The number of rotatable bonds is 8. The third-order valence-electron chi connectivity index (χ3n) is 4.01. The number of ether oxygens (including phenoxy) is 1. The van der Waals surface area contributed by atoms with Crippen LogP contribution >= 0.6 is 24.0 Å². The molecule has 154 valence electrons. The molecule has 1 unspecified atom stereocenters. The lowest BCUT2D eigenvalue weighted by Gasteiger charge is -2.21. The van der Waals surface area contributed by atoms with Gasteiger partial charge in [0.2, 0.25) is 0 Å². The molecule has 0 radical (unpaired) electrons. The molecule has 0 aliphatic rings. The third kappa shape index (κ3) is 7.49. The molecular formula is C20H29FIN5O. The lowest BCUT2D eigenvalue weighted by molar-refractivity contribution is 0.199. The van der Waals surface area contributed by atoms with E-state index in [0.29, 0.717) is 24.8 Å². The molecule has 8 heteroatoms. The van der Waals surface area contributed by atoms with Crippen molar-refractivity contribution >= 4 is 35.8 Å². The number of pyridine rings is 1.